The van der Waals surface area contributed by atoms with Gasteiger partial charge in [0.15, 0.2) is 5.69 Å². The molecule has 0 aliphatic rings. The molecule has 0 fully saturated rings. The number of hydrogen-bond acceptors (Lipinski definition) is 5. The number of carbonyl (C=O) groups excluding carboxylic acids is 1. The Kier molecular flexibility index (Phi) is 4.01. The number of amides is 2. The summed E-state index contributed by atoms with van der Waals surface area (Å²) < 4.78 is 0. The molecular weight excluding hydrogens is 214 g/mol. The van der Waals surface area contributed by atoms with Crippen LogP contribution in [0.5, 0.6) is 0 Å². The molecule has 0 unspecified atom stereocenters. The van der Waals surface area contributed by atoms with Gasteiger partial charge in [-0.05, 0) is 12.1 Å². The van der Waals surface area contributed by atoms with E-state index in [9.17, 15) is 9.59 Å². The van der Waals surface area contributed by atoms with Gasteiger partial charge in [0, 0.05) is 13.1 Å². The molecule has 0 aliphatic heterocycles. The zero-order valence-electron chi connectivity index (χ0n) is 8.30. The minimum atomic E-state index is -1.13. The van der Waals surface area contributed by atoms with Gasteiger partial charge in [-0.15, -0.1) is 10.2 Å². The standard InChI is InChI=1S/C8H11N5O3/c9-8(16)11-4-3-10-6-2-1-5(7(14)15)12-13-6/h1-2H,3-4H2,(H,10,13)(H,14,15)(H3,9,11,16). The van der Waals surface area contributed by atoms with Crippen LogP contribution in [0.15, 0.2) is 12.1 Å². The maximum absolute atomic E-state index is 10.5. The molecule has 86 valence electrons. The van der Waals surface area contributed by atoms with Crippen LogP contribution in [0.1, 0.15) is 10.5 Å². The number of carboxylic acids is 1. The van der Waals surface area contributed by atoms with E-state index in [0.29, 0.717) is 18.9 Å². The van der Waals surface area contributed by atoms with Crippen LogP contribution in [0, 0.1) is 0 Å². The van der Waals surface area contributed by atoms with Crippen LogP contribution in [0.4, 0.5) is 10.6 Å². The van der Waals surface area contributed by atoms with Crippen molar-refractivity contribution in [2.45, 2.75) is 0 Å². The Morgan fingerprint density at radius 2 is 2.06 bits per heavy atom. The maximum atomic E-state index is 10.5. The SMILES string of the molecule is NC(=O)NCCNc1ccc(C(=O)O)nn1. The number of rotatable bonds is 5. The van der Waals surface area contributed by atoms with Gasteiger partial charge < -0.3 is 21.5 Å². The average Bonchev–Trinajstić information content (AvgIpc) is 2.25. The highest BCUT2D eigenvalue weighted by atomic mass is 16.4. The molecule has 0 bridgehead atoms. The molecule has 1 aromatic heterocycles. The second-order valence-electron chi connectivity index (χ2n) is 2.83. The molecule has 0 atom stereocenters. The molecule has 0 aromatic carbocycles. The highest BCUT2D eigenvalue weighted by Crippen LogP contribution is 2.00. The smallest absolute Gasteiger partial charge is 0.356 e. The van der Waals surface area contributed by atoms with Crippen molar-refractivity contribution in [1.29, 1.82) is 0 Å². The highest BCUT2D eigenvalue weighted by Gasteiger charge is 2.04. The van der Waals surface area contributed by atoms with E-state index >= 15 is 0 Å². The zero-order valence-corrected chi connectivity index (χ0v) is 8.30. The van der Waals surface area contributed by atoms with Gasteiger partial charge in [0.2, 0.25) is 0 Å². The number of nitrogens with one attached hydrogen (secondary N) is 2. The second kappa shape index (κ2) is 5.49. The summed E-state index contributed by atoms with van der Waals surface area (Å²) >= 11 is 0. The molecule has 16 heavy (non-hydrogen) atoms. The molecule has 8 heteroatoms. The molecule has 0 saturated carbocycles. The quantitative estimate of drug-likeness (QED) is 0.488. The predicted molar refractivity (Wildman–Crippen MR) is 55.1 cm³/mol. The Hall–Kier alpha value is -2.38. The van der Waals surface area contributed by atoms with Crippen molar-refractivity contribution in [2.24, 2.45) is 5.73 Å². The summed E-state index contributed by atoms with van der Waals surface area (Å²) in [6, 6.07) is 2.22. The summed E-state index contributed by atoms with van der Waals surface area (Å²) in [7, 11) is 0. The van der Waals surface area contributed by atoms with Crippen molar-refractivity contribution in [2.75, 3.05) is 18.4 Å². The largest absolute Gasteiger partial charge is 0.476 e. The third-order valence-corrected chi connectivity index (χ3v) is 1.61. The van der Waals surface area contributed by atoms with E-state index in [1.54, 1.807) is 0 Å². The second-order valence-corrected chi connectivity index (χ2v) is 2.83. The van der Waals surface area contributed by atoms with E-state index in [2.05, 4.69) is 20.8 Å². The molecule has 1 rings (SSSR count). The lowest BCUT2D eigenvalue weighted by atomic mass is 10.4. The van der Waals surface area contributed by atoms with Crippen LogP contribution >= 0.6 is 0 Å². The highest BCUT2D eigenvalue weighted by molar-refractivity contribution is 5.85. The molecular formula is C8H11N5O3. The van der Waals surface area contributed by atoms with Gasteiger partial charge in [0.25, 0.3) is 0 Å². The molecule has 1 aromatic rings. The van der Waals surface area contributed by atoms with Gasteiger partial charge >= 0.3 is 12.0 Å². The summed E-state index contributed by atoms with van der Waals surface area (Å²) in [4.78, 5) is 20.8. The predicted octanol–water partition coefficient (Wildman–Crippen LogP) is -0.745. The van der Waals surface area contributed by atoms with Crippen molar-refractivity contribution in [3.8, 4) is 0 Å². The molecule has 0 saturated heterocycles. The van der Waals surface area contributed by atoms with Crippen LogP contribution in [0.3, 0.4) is 0 Å². The number of anilines is 1. The third kappa shape index (κ3) is 3.78. The first kappa shape index (κ1) is 11.7. The van der Waals surface area contributed by atoms with E-state index < -0.39 is 12.0 Å². The number of carbonyl (C=O) groups is 2. The summed E-state index contributed by atoms with van der Waals surface area (Å²) in [5.74, 6) is -0.703. The van der Waals surface area contributed by atoms with Crippen LogP contribution in [0.25, 0.3) is 0 Å². The van der Waals surface area contributed by atoms with Crippen molar-refractivity contribution in [1.82, 2.24) is 15.5 Å². The van der Waals surface area contributed by atoms with E-state index in [4.69, 9.17) is 10.8 Å². The average molecular weight is 225 g/mol. The van der Waals surface area contributed by atoms with E-state index in [1.165, 1.54) is 12.1 Å². The lowest BCUT2D eigenvalue weighted by molar-refractivity contribution is 0.0689. The fourth-order valence-electron chi connectivity index (χ4n) is 0.917. The number of hydrogen-bond donors (Lipinski definition) is 4. The Labute approximate surface area is 90.9 Å². The monoisotopic (exact) mass is 225 g/mol. The molecule has 2 amide bonds. The Morgan fingerprint density at radius 3 is 2.56 bits per heavy atom. The fraction of sp³-hybridized carbons (Fsp3) is 0.250. The normalized spacial score (nSPS) is 9.50. The van der Waals surface area contributed by atoms with Gasteiger partial charge in [-0.3, -0.25) is 0 Å². The minimum absolute atomic E-state index is 0.124. The lowest BCUT2D eigenvalue weighted by Crippen LogP contribution is -2.33. The molecule has 0 spiro atoms. The minimum Gasteiger partial charge on any atom is -0.476 e. The first-order valence-electron chi connectivity index (χ1n) is 4.44. The maximum Gasteiger partial charge on any atom is 0.356 e. The summed E-state index contributed by atoms with van der Waals surface area (Å²) in [6.07, 6.45) is 0. The summed E-state index contributed by atoms with van der Waals surface area (Å²) in [6.45, 7) is 0.766. The number of carboxylic acid groups (broad SMARTS) is 1. The van der Waals surface area contributed by atoms with Gasteiger partial charge in [0.1, 0.15) is 5.82 Å². The first-order valence-corrected chi connectivity index (χ1v) is 4.44. The number of nitrogens with two attached hydrogens (primary N) is 1. The van der Waals surface area contributed by atoms with Crippen LogP contribution in [-0.4, -0.2) is 40.4 Å². The zero-order chi connectivity index (χ0) is 12.0. The number of aromatic nitrogens is 2. The number of aromatic carboxylic acids is 1. The van der Waals surface area contributed by atoms with Crippen molar-refractivity contribution in [3.63, 3.8) is 0 Å². The van der Waals surface area contributed by atoms with Gasteiger partial charge in [0.05, 0.1) is 0 Å². The van der Waals surface area contributed by atoms with Crippen molar-refractivity contribution >= 4 is 17.8 Å². The fourth-order valence-corrected chi connectivity index (χ4v) is 0.917. The van der Waals surface area contributed by atoms with Gasteiger partial charge in [-0.2, -0.15) is 0 Å². The molecule has 5 N–H and O–H groups in total. The Morgan fingerprint density at radius 1 is 1.31 bits per heavy atom. The molecule has 0 aliphatic carbocycles. The third-order valence-electron chi connectivity index (χ3n) is 1.61. The van der Waals surface area contributed by atoms with Crippen LogP contribution in [-0.2, 0) is 0 Å². The van der Waals surface area contributed by atoms with E-state index in [-0.39, 0.29) is 5.69 Å². The van der Waals surface area contributed by atoms with Crippen LogP contribution < -0.4 is 16.4 Å². The van der Waals surface area contributed by atoms with E-state index in [1.807, 2.05) is 0 Å². The lowest BCUT2D eigenvalue weighted by Gasteiger charge is -2.04. The topological polar surface area (TPSA) is 130 Å². The Bertz CT molecular complexity index is 378. The first-order chi connectivity index (χ1) is 7.59. The summed E-state index contributed by atoms with van der Waals surface area (Å²) in [5, 5.41) is 20.9. The number of nitrogens with zero attached hydrogens (tertiary/aromatic N) is 2. The molecule has 0 radical (unpaired) electrons. The van der Waals surface area contributed by atoms with E-state index in [0.717, 1.165) is 0 Å². The van der Waals surface area contributed by atoms with Crippen molar-refractivity contribution in [3.05, 3.63) is 17.8 Å². The van der Waals surface area contributed by atoms with Gasteiger partial charge in [-0.25, -0.2) is 9.59 Å². The number of urea groups is 1. The molecule has 8 nitrogen and oxygen atoms in total. The van der Waals surface area contributed by atoms with Crippen LogP contribution in [0.2, 0.25) is 0 Å². The Balaban J connectivity index is 2.38. The summed E-state index contributed by atoms with van der Waals surface area (Å²) in [5.41, 5.74) is 4.73. The molecule has 1 heterocycles. The van der Waals surface area contributed by atoms with Gasteiger partial charge in [-0.1, -0.05) is 0 Å². The number of primary amides is 1. The van der Waals surface area contributed by atoms with Crippen molar-refractivity contribution < 1.29 is 14.7 Å².